The van der Waals surface area contributed by atoms with Gasteiger partial charge in [-0.15, -0.1) is 0 Å². The van der Waals surface area contributed by atoms with Crippen molar-refractivity contribution in [3.05, 3.63) is 44.1 Å². The van der Waals surface area contributed by atoms with Crippen LogP contribution in [0.4, 0.5) is 10.1 Å². The van der Waals surface area contributed by atoms with Crippen LogP contribution in [0.15, 0.2) is 15.7 Å². The molecule has 4 rings (SSSR count). The minimum absolute atomic E-state index is 0.000627. The van der Waals surface area contributed by atoms with Crippen molar-refractivity contribution < 1.29 is 9.13 Å². The van der Waals surface area contributed by atoms with Crippen LogP contribution in [0.25, 0.3) is 15.7 Å². The first-order valence-electron chi connectivity index (χ1n) is 9.41. The molecule has 1 aliphatic heterocycles. The lowest BCUT2D eigenvalue weighted by molar-refractivity contribution is 0.413. The molecule has 0 bridgehead atoms. The smallest absolute Gasteiger partial charge is 0.329 e. The van der Waals surface area contributed by atoms with Crippen molar-refractivity contribution in [2.45, 2.75) is 31.3 Å². The minimum atomic E-state index is -0.610. The van der Waals surface area contributed by atoms with Crippen LogP contribution < -0.4 is 26.2 Å². The molecule has 148 valence electrons. The Morgan fingerprint density at radius 3 is 2.86 bits per heavy atom. The highest BCUT2D eigenvalue weighted by atomic mass is 19.1. The molecule has 8 nitrogen and oxygen atoms in total. The second kappa shape index (κ2) is 7.28. The molecule has 1 saturated heterocycles. The molecule has 1 atom stereocenters. The van der Waals surface area contributed by atoms with E-state index in [1.165, 1.54) is 17.7 Å². The number of aromatic amines is 1. The minimum Gasteiger partial charge on any atom is -0.492 e. The molecule has 0 amide bonds. The standard InChI is InChI=1S/C19H22FN5O3/c1-21-6-7-22-11-5-8-24(10-11)16-14(20)9-13-15(17(16)28-2)25(12-3-4-12)19(27)23-18(13)26/h9,11-12,22H,3-8,10H2,2H3,(H,23,26,27). The van der Waals surface area contributed by atoms with E-state index in [-0.39, 0.29) is 28.9 Å². The number of anilines is 1. The number of hydrogen-bond donors (Lipinski definition) is 2. The Balaban J connectivity index is 1.81. The Hall–Kier alpha value is -2.86. The SMILES string of the molecule is [C-]#[N+]CCNC1CCN(c2c(F)cc3c(=O)[nH]c(=O)n(C4CC4)c3c2OC)C1. The Morgan fingerprint density at radius 2 is 2.18 bits per heavy atom. The van der Waals surface area contributed by atoms with Crippen LogP contribution in [-0.2, 0) is 0 Å². The third-order valence-electron chi connectivity index (χ3n) is 5.38. The topological polar surface area (TPSA) is 83.7 Å². The molecule has 9 heteroatoms. The van der Waals surface area contributed by atoms with E-state index in [2.05, 4.69) is 15.1 Å². The van der Waals surface area contributed by atoms with Gasteiger partial charge in [0.2, 0.25) is 6.54 Å². The van der Waals surface area contributed by atoms with Crippen LogP contribution in [0.1, 0.15) is 25.3 Å². The van der Waals surface area contributed by atoms with Crippen molar-refractivity contribution in [1.82, 2.24) is 14.9 Å². The molecule has 2 heterocycles. The molecule has 1 unspecified atom stereocenters. The average molecular weight is 387 g/mol. The molecule has 2 aliphatic rings. The molecule has 28 heavy (non-hydrogen) atoms. The summed E-state index contributed by atoms with van der Waals surface area (Å²) in [6.45, 7) is 9.03. The number of ether oxygens (including phenoxy) is 1. The van der Waals surface area contributed by atoms with Gasteiger partial charge in [0.25, 0.3) is 5.56 Å². The van der Waals surface area contributed by atoms with Gasteiger partial charge in [-0.2, -0.15) is 0 Å². The van der Waals surface area contributed by atoms with Gasteiger partial charge in [-0.25, -0.2) is 15.8 Å². The summed E-state index contributed by atoms with van der Waals surface area (Å²) in [5.74, 6) is -0.315. The van der Waals surface area contributed by atoms with E-state index in [4.69, 9.17) is 11.3 Å². The van der Waals surface area contributed by atoms with Gasteiger partial charge < -0.3 is 19.8 Å². The van der Waals surface area contributed by atoms with Gasteiger partial charge in [0.1, 0.15) is 11.2 Å². The third-order valence-corrected chi connectivity index (χ3v) is 5.38. The summed E-state index contributed by atoms with van der Waals surface area (Å²) in [5, 5.41) is 3.43. The highest BCUT2D eigenvalue weighted by molar-refractivity contribution is 5.91. The second-order valence-electron chi connectivity index (χ2n) is 7.26. The van der Waals surface area contributed by atoms with Crippen LogP contribution >= 0.6 is 0 Å². The average Bonchev–Trinajstić information content (AvgIpc) is 3.39. The molecule has 2 fully saturated rings. The summed E-state index contributed by atoms with van der Waals surface area (Å²) >= 11 is 0. The number of hydrogen-bond acceptors (Lipinski definition) is 5. The number of fused-ring (bicyclic) bond motifs is 1. The Morgan fingerprint density at radius 1 is 1.39 bits per heavy atom. The Labute approximate surface area is 160 Å². The van der Waals surface area contributed by atoms with E-state index in [1.54, 1.807) is 0 Å². The Bertz CT molecular complexity index is 1070. The molecule has 1 saturated carbocycles. The molecule has 1 aromatic carbocycles. The van der Waals surface area contributed by atoms with Crippen molar-refractivity contribution in [2.75, 3.05) is 38.2 Å². The van der Waals surface area contributed by atoms with Crippen molar-refractivity contribution in [3.8, 4) is 5.75 Å². The summed E-state index contributed by atoms with van der Waals surface area (Å²) in [6, 6.07) is 1.34. The largest absolute Gasteiger partial charge is 0.492 e. The van der Waals surface area contributed by atoms with Crippen molar-refractivity contribution in [1.29, 1.82) is 0 Å². The number of H-pyrrole nitrogens is 1. The summed E-state index contributed by atoms with van der Waals surface area (Å²) in [4.78, 5) is 32.2. The number of nitrogens with one attached hydrogen (secondary N) is 2. The quantitative estimate of drug-likeness (QED) is 0.576. The highest BCUT2D eigenvalue weighted by Crippen LogP contribution is 2.42. The number of rotatable bonds is 6. The maximum atomic E-state index is 15.1. The zero-order valence-electron chi connectivity index (χ0n) is 15.6. The normalized spacial score (nSPS) is 19.2. The van der Waals surface area contributed by atoms with Crippen molar-refractivity contribution in [2.24, 2.45) is 0 Å². The van der Waals surface area contributed by atoms with E-state index in [9.17, 15) is 9.59 Å². The van der Waals surface area contributed by atoms with Gasteiger partial charge in [0.05, 0.1) is 19.0 Å². The molecular weight excluding hydrogens is 365 g/mol. The van der Waals surface area contributed by atoms with E-state index in [0.29, 0.717) is 31.7 Å². The fourth-order valence-corrected chi connectivity index (χ4v) is 3.97. The van der Waals surface area contributed by atoms with Crippen molar-refractivity contribution in [3.63, 3.8) is 0 Å². The van der Waals surface area contributed by atoms with Crippen LogP contribution in [0.3, 0.4) is 0 Å². The summed E-state index contributed by atoms with van der Waals surface area (Å²) in [5.41, 5.74) is -0.458. The maximum Gasteiger partial charge on any atom is 0.329 e. The summed E-state index contributed by atoms with van der Waals surface area (Å²) < 4.78 is 22.1. The second-order valence-corrected chi connectivity index (χ2v) is 7.26. The van der Waals surface area contributed by atoms with Gasteiger partial charge in [-0.3, -0.25) is 14.3 Å². The van der Waals surface area contributed by atoms with Crippen LogP contribution in [-0.4, -0.2) is 48.9 Å². The predicted octanol–water partition coefficient (Wildman–Crippen LogP) is 1.26. The Kier molecular flexibility index (Phi) is 4.81. The lowest BCUT2D eigenvalue weighted by atomic mass is 10.1. The van der Waals surface area contributed by atoms with Gasteiger partial charge in [-0.1, -0.05) is 0 Å². The molecule has 1 aliphatic carbocycles. The monoisotopic (exact) mass is 387 g/mol. The fraction of sp³-hybridized carbons (Fsp3) is 0.526. The number of methoxy groups -OCH3 is 1. The first kappa shape index (κ1) is 18.5. The zero-order chi connectivity index (χ0) is 19.8. The predicted molar refractivity (Wildman–Crippen MR) is 104 cm³/mol. The zero-order valence-corrected chi connectivity index (χ0v) is 15.6. The third kappa shape index (κ3) is 3.14. The van der Waals surface area contributed by atoms with Crippen molar-refractivity contribution >= 4 is 16.6 Å². The summed E-state index contributed by atoms with van der Waals surface area (Å²) in [6.07, 6.45) is 2.49. The fourth-order valence-electron chi connectivity index (χ4n) is 3.97. The maximum absolute atomic E-state index is 15.1. The molecule has 0 spiro atoms. The number of benzene rings is 1. The molecule has 2 N–H and O–H groups in total. The van der Waals surface area contributed by atoms with Gasteiger partial charge in [-0.05, 0) is 25.3 Å². The molecular formula is C19H22FN5O3. The van der Waals surface area contributed by atoms with E-state index in [0.717, 1.165) is 19.3 Å². The first-order chi connectivity index (χ1) is 13.5. The first-order valence-corrected chi connectivity index (χ1v) is 9.41. The number of aromatic nitrogens is 2. The van der Waals surface area contributed by atoms with Crippen LogP contribution in [0, 0.1) is 12.4 Å². The number of halogens is 1. The molecule has 0 radical (unpaired) electrons. The van der Waals surface area contributed by atoms with Gasteiger partial charge in [0, 0.05) is 25.2 Å². The lowest BCUT2D eigenvalue weighted by Gasteiger charge is -2.24. The highest BCUT2D eigenvalue weighted by Gasteiger charge is 2.33. The van der Waals surface area contributed by atoms with Gasteiger partial charge in [0.15, 0.2) is 11.6 Å². The molecule has 2 aromatic rings. The summed E-state index contributed by atoms with van der Waals surface area (Å²) in [7, 11) is 1.43. The van der Waals surface area contributed by atoms with E-state index < -0.39 is 17.1 Å². The van der Waals surface area contributed by atoms with Crippen LogP contribution in [0.2, 0.25) is 0 Å². The lowest BCUT2D eigenvalue weighted by Crippen LogP contribution is -2.34. The van der Waals surface area contributed by atoms with Gasteiger partial charge >= 0.3 is 5.69 Å². The number of nitrogens with zero attached hydrogens (tertiary/aromatic N) is 3. The van der Waals surface area contributed by atoms with Crippen LogP contribution in [0.5, 0.6) is 5.75 Å². The van der Waals surface area contributed by atoms with E-state index >= 15 is 4.39 Å². The van der Waals surface area contributed by atoms with E-state index in [1.807, 2.05) is 4.90 Å². The molecule has 1 aromatic heterocycles.